The molecule has 0 bridgehead atoms. The molecule has 0 atom stereocenters. The van der Waals surface area contributed by atoms with Crippen molar-refractivity contribution in [1.29, 1.82) is 0 Å². The third-order valence-corrected chi connectivity index (χ3v) is 6.83. The first-order valence-corrected chi connectivity index (χ1v) is 11.9. The zero-order valence-electron chi connectivity index (χ0n) is 18.6. The Hall–Kier alpha value is -3.49. The van der Waals surface area contributed by atoms with Gasteiger partial charge in [-0.1, -0.05) is 48.0 Å². The van der Waals surface area contributed by atoms with E-state index in [9.17, 15) is 18.0 Å². The first kappa shape index (κ1) is 24.2. The van der Waals surface area contributed by atoms with Gasteiger partial charge in [-0.15, -0.1) is 0 Å². The third-order valence-electron chi connectivity index (χ3n) is 5.01. The van der Waals surface area contributed by atoms with Crippen LogP contribution in [0.4, 0.5) is 5.69 Å². The molecular weight excluding hydrogens is 438 g/mol. The topological polar surface area (TPSA) is 95.6 Å². The van der Waals surface area contributed by atoms with Crippen LogP contribution in [0.25, 0.3) is 0 Å². The molecule has 0 saturated carbocycles. The number of carbonyl (C=O) groups is 2. The molecule has 3 aromatic carbocycles. The zero-order chi connectivity index (χ0) is 23.8. The molecule has 7 nitrogen and oxygen atoms in total. The first-order chi connectivity index (χ1) is 15.8. The lowest BCUT2D eigenvalue weighted by molar-refractivity contribution is -0.116. The summed E-state index contributed by atoms with van der Waals surface area (Å²) >= 11 is 0. The summed E-state index contributed by atoms with van der Waals surface area (Å²) in [6.45, 7) is 2.35. The Bertz CT molecular complexity index is 1210. The van der Waals surface area contributed by atoms with Gasteiger partial charge in [0.05, 0.1) is 4.90 Å². The minimum absolute atomic E-state index is 0.0947. The van der Waals surface area contributed by atoms with E-state index in [1.807, 2.05) is 43.3 Å². The number of sulfonamides is 1. The van der Waals surface area contributed by atoms with Gasteiger partial charge in [-0.2, -0.15) is 4.31 Å². The van der Waals surface area contributed by atoms with Gasteiger partial charge in [-0.05, 0) is 48.9 Å². The van der Waals surface area contributed by atoms with E-state index in [0.717, 1.165) is 11.1 Å². The fourth-order valence-electron chi connectivity index (χ4n) is 3.22. The van der Waals surface area contributed by atoms with Gasteiger partial charge in [0.2, 0.25) is 15.9 Å². The van der Waals surface area contributed by atoms with Gasteiger partial charge in [0.1, 0.15) is 0 Å². The minimum Gasteiger partial charge on any atom is -0.352 e. The molecule has 2 amide bonds. The number of aryl methyl sites for hydroxylation is 1. The van der Waals surface area contributed by atoms with Crippen molar-refractivity contribution >= 4 is 27.5 Å². The maximum Gasteiger partial charge on any atom is 0.251 e. The van der Waals surface area contributed by atoms with Crippen LogP contribution < -0.4 is 10.6 Å². The van der Waals surface area contributed by atoms with Crippen LogP contribution in [-0.4, -0.2) is 38.1 Å². The standard InChI is InChI=1S/C25H27N3O4S/c1-19-7-6-10-21(17-19)25(30)26-16-15-24(29)27-22-11-13-23(14-12-22)33(31,32)28(2)18-20-8-4-3-5-9-20/h3-14,17H,15-16,18H2,1-2H3,(H,26,30)(H,27,29). The van der Waals surface area contributed by atoms with Crippen molar-refractivity contribution in [3.05, 3.63) is 95.6 Å². The van der Waals surface area contributed by atoms with Crippen LogP contribution in [0.1, 0.15) is 27.9 Å². The Morgan fingerprint density at radius 3 is 2.27 bits per heavy atom. The molecule has 0 aromatic heterocycles. The third kappa shape index (κ3) is 6.74. The molecule has 8 heteroatoms. The van der Waals surface area contributed by atoms with Crippen LogP contribution in [0.2, 0.25) is 0 Å². The van der Waals surface area contributed by atoms with Gasteiger partial charge in [0.25, 0.3) is 5.91 Å². The second kappa shape index (κ2) is 10.9. The average Bonchev–Trinajstić information content (AvgIpc) is 2.80. The molecule has 0 radical (unpaired) electrons. The number of anilines is 1. The Kier molecular flexibility index (Phi) is 7.97. The Morgan fingerprint density at radius 1 is 0.909 bits per heavy atom. The molecule has 0 fully saturated rings. The molecule has 2 N–H and O–H groups in total. The van der Waals surface area contributed by atoms with E-state index in [1.165, 1.54) is 23.5 Å². The lowest BCUT2D eigenvalue weighted by atomic mass is 10.1. The summed E-state index contributed by atoms with van der Waals surface area (Å²) < 4.78 is 26.9. The van der Waals surface area contributed by atoms with E-state index in [2.05, 4.69) is 10.6 Å². The van der Waals surface area contributed by atoms with Crippen molar-refractivity contribution in [2.75, 3.05) is 18.9 Å². The second-order valence-electron chi connectivity index (χ2n) is 7.69. The minimum atomic E-state index is -3.66. The number of rotatable bonds is 9. The zero-order valence-corrected chi connectivity index (χ0v) is 19.4. The quantitative estimate of drug-likeness (QED) is 0.505. The molecule has 33 heavy (non-hydrogen) atoms. The van der Waals surface area contributed by atoms with E-state index in [0.29, 0.717) is 11.3 Å². The van der Waals surface area contributed by atoms with Crippen molar-refractivity contribution in [3.8, 4) is 0 Å². The lowest BCUT2D eigenvalue weighted by Crippen LogP contribution is -2.27. The molecule has 0 spiro atoms. The number of hydrogen-bond donors (Lipinski definition) is 2. The molecule has 3 rings (SSSR count). The van der Waals surface area contributed by atoms with Gasteiger partial charge in [-0.25, -0.2) is 8.42 Å². The highest BCUT2D eigenvalue weighted by Crippen LogP contribution is 2.19. The summed E-state index contributed by atoms with van der Waals surface area (Å²) in [5, 5.41) is 5.43. The molecule has 0 saturated heterocycles. The highest BCUT2D eigenvalue weighted by atomic mass is 32.2. The fourth-order valence-corrected chi connectivity index (χ4v) is 4.38. The maximum absolute atomic E-state index is 12.8. The predicted molar refractivity (Wildman–Crippen MR) is 128 cm³/mol. The summed E-state index contributed by atoms with van der Waals surface area (Å²) in [5.74, 6) is -0.517. The van der Waals surface area contributed by atoms with Crippen molar-refractivity contribution in [1.82, 2.24) is 9.62 Å². The number of carbonyl (C=O) groups excluding carboxylic acids is 2. The van der Waals surface area contributed by atoms with Crippen molar-refractivity contribution in [2.24, 2.45) is 0 Å². The van der Waals surface area contributed by atoms with E-state index in [-0.39, 0.29) is 36.2 Å². The lowest BCUT2D eigenvalue weighted by Gasteiger charge is -2.17. The van der Waals surface area contributed by atoms with Gasteiger partial charge >= 0.3 is 0 Å². The largest absolute Gasteiger partial charge is 0.352 e. The Morgan fingerprint density at radius 2 is 1.61 bits per heavy atom. The predicted octanol–water partition coefficient (Wildman–Crippen LogP) is 3.57. The monoisotopic (exact) mass is 465 g/mol. The van der Waals surface area contributed by atoms with Crippen LogP contribution in [0, 0.1) is 6.92 Å². The Balaban J connectivity index is 1.51. The molecule has 0 aliphatic carbocycles. The molecule has 0 unspecified atom stereocenters. The summed E-state index contributed by atoms with van der Waals surface area (Å²) in [4.78, 5) is 24.5. The van der Waals surface area contributed by atoms with Crippen LogP contribution in [0.15, 0.2) is 83.8 Å². The smallest absolute Gasteiger partial charge is 0.251 e. The number of nitrogens with zero attached hydrogens (tertiary/aromatic N) is 1. The summed E-state index contributed by atoms with van der Waals surface area (Å²) in [6.07, 6.45) is 0.0947. The maximum atomic E-state index is 12.8. The molecule has 0 aliphatic heterocycles. The van der Waals surface area contributed by atoms with Crippen LogP contribution in [0.5, 0.6) is 0 Å². The average molecular weight is 466 g/mol. The van der Waals surface area contributed by atoms with E-state index < -0.39 is 10.0 Å². The normalized spacial score (nSPS) is 11.2. The van der Waals surface area contributed by atoms with Crippen LogP contribution in [-0.2, 0) is 21.4 Å². The molecule has 0 heterocycles. The number of nitrogens with one attached hydrogen (secondary N) is 2. The SMILES string of the molecule is Cc1cccc(C(=O)NCCC(=O)Nc2ccc(S(=O)(=O)N(C)Cc3ccccc3)cc2)c1. The molecule has 172 valence electrons. The fraction of sp³-hybridized carbons (Fsp3) is 0.200. The van der Waals surface area contributed by atoms with Crippen molar-refractivity contribution in [2.45, 2.75) is 24.8 Å². The van der Waals surface area contributed by atoms with E-state index in [4.69, 9.17) is 0 Å². The summed E-state index contributed by atoms with van der Waals surface area (Å²) in [6, 6.07) is 22.6. The van der Waals surface area contributed by atoms with Gasteiger partial charge in [-0.3, -0.25) is 9.59 Å². The molecular formula is C25H27N3O4S. The van der Waals surface area contributed by atoms with Crippen molar-refractivity contribution in [3.63, 3.8) is 0 Å². The van der Waals surface area contributed by atoms with Gasteiger partial charge in [0, 0.05) is 37.8 Å². The first-order valence-electron chi connectivity index (χ1n) is 10.5. The number of amides is 2. The van der Waals surface area contributed by atoms with Crippen LogP contribution >= 0.6 is 0 Å². The van der Waals surface area contributed by atoms with Crippen molar-refractivity contribution < 1.29 is 18.0 Å². The highest BCUT2D eigenvalue weighted by molar-refractivity contribution is 7.89. The summed E-state index contributed by atoms with van der Waals surface area (Å²) in [7, 11) is -2.13. The van der Waals surface area contributed by atoms with Gasteiger partial charge < -0.3 is 10.6 Å². The second-order valence-corrected chi connectivity index (χ2v) is 9.74. The molecule has 0 aliphatic rings. The van der Waals surface area contributed by atoms with Crippen LogP contribution in [0.3, 0.4) is 0 Å². The van der Waals surface area contributed by atoms with E-state index >= 15 is 0 Å². The number of hydrogen-bond acceptors (Lipinski definition) is 4. The van der Waals surface area contributed by atoms with Gasteiger partial charge in [0.15, 0.2) is 0 Å². The Labute approximate surface area is 194 Å². The summed E-state index contributed by atoms with van der Waals surface area (Å²) in [5.41, 5.74) is 2.90. The van der Waals surface area contributed by atoms with E-state index in [1.54, 1.807) is 30.3 Å². The molecule has 3 aromatic rings. The highest BCUT2D eigenvalue weighted by Gasteiger charge is 2.21. The number of benzene rings is 3.